The molecule has 4 aromatic heterocycles. The SMILES string of the molecule is COC(=O)NC(C(=O)N1CCC[C@H]1c1ncc(-c2ccc(-c3ccc(-c4cnc(N5CCCN5C(=O)[C@@H](NC(=O)OC)C(C)C)[nH]4)c4scnc34)c3ncsc23)[nH]1)C(C)C. The normalized spacial score (nSPS) is 16.6. The van der Waals surface area contributed by atoms with Crippen LogP contribution in [0.4, 0.5) is 15.5 Å². The van der Waals surface area contributed by atoms with E-state index in [0.717, 1.165) is 73.3 Å². The van der Waals surface area contributed by atoms with Crippen molar-refractivity contribution in [1.82, 2.24) is 50.4 Å². The number of hydrazine groups is 1. The molecule has 6 aromatic rings. The number of methoxy groups -OCH3 is 2. The summed E-state index contributed by atoms with van der Waals surface area (Å²) in [5, 5.41) is 8.86. The molecule has 4 amide bonds. The highest BCUT2D eigenvalue weighted by Crippen LogP contribution is 2.43. The topological polar surface area (TPSA) is 204 Å². The summed E-state index contributed by atoms with van der Waals surface area (Å²) in [5.41, 5.74) is 10.7. The first-order valence-corrected chi connectivity index (χ1v) is 21.7. The zero-order chi connectivity index (χ0) is 42.2. The van der Waals surface area contributed by atoms with Gasteiger partial charge >= 0.3 is 12.2 Å². The van der Waals surface area contributed by atoms with Crippen molar-refractivity contribution in [3.8, 4) is 33.6 Å². The molecule has 314 valence electrons. The lowest BCUT2D eigenvalue weighted by atomic mass is 9.98. The molecule has 2 aliphatic rings. The molecule has 4 N–H and O–H groups in total. The maximum atomic E-state index is 13.7. The van der Waals surface area contributed by atoms with Crippen LogP contribution in [0.25, 0.3) is 54.1 Å². The number of carbonyl (C=O) groups is 4. The Morgan fingerprint density at radius 2 is 1.25 bits per heavy atom. The highest BCUT2D eigenvalue weighted by Gasteiger charge is 2.38. The lowest BCUT2D eigenvalue weighted by Gasteiger charge is -2.32. The summed E-state index contributed by atoms with van der Waals surface area (Å²) in [6.45, 7) is 9.21. The third-order valence-electron chi connectivity index (χ3n) is 11.2. The van der Waals surface area contributed by atoms with Gasteiger partial charge in [0.05, 0.1) is 75.5 Å². The molecule has 0 spiro atoms. The number of ether oxygens (including phenoxy) is 2. The first-order valence-electron chi connectivity index (χ1n) is 19.9. The van der Waals surface area contributed by atoms with Gasteiger partial charge in [0.15, 0.2) is 0 Å². The van der Waals surface area contributed by atoms with Gasteiger partial charge in [0.1, 0.15) is 17.9 Å². The van der Waals surface area contributed by atoms with Crippen molar-refractivity contribution in [2.45, 2.75) is 65.1 Å². The lowest BCUT2D eigenvalue weighted by molar-refractivity contribution is -0.135. The summed E-state index contributed by atoms with van der Waals surface area (Å²) < 4.78 is 11.5. The van der Waals surface area contributed by atoms with Gasteiger partial charge in [-0.15, -0.1) is 22.7 Å². The molecular weight excluding hydrogens is 807 g/mol. The van der Waals surface area contributed by atoms with Gasteiger partial charge in [-0.2, -0.15) is 0 Å². The number of fused-ring (bicyclic) bond motifs is 2. The third-order valence-corrected chi connectivity index (χ3v) is 12.9. The summed E-state index contributed by atoms with van der Waals surface area (Å²) in [6.07, 6.45) is 4.61. The van der Waals surface area contributed by atoms with Crippen molar-refractivity contribution >= 4 is 73.1 Å². The Balaban J connectivity index is 1.05. The predicted molar refractivity (Wildman–Crippen MR) is 229 cm³/mol. The van der Waals surface area contributed by atoms with Crippen LogP contribution in [-0.2, 0) is 19.1 Å². The average Bonchev–Trinajstić information content (AvgIpc) is 4.10. The summed E-state index contributed by atoms with van der Waals surface area (Å²) >= 11 is 3.08. The fraction of sp³-hybridized carbons (Fsp3) is 0.415. The Morgan fingerprint density at radius 1 is 0.700 bits per heavy atom. The number of nitrogens with zero attached hydrogens (tertiary/aromatic N) is 7. The molecule has 2 fully saturated rings. The Hall–Kier alpha value is -6.08. The number of aromatic nitrogens is 6. The molecule has 60 heavy (non-hydrogen) atoms. The summed E-state index contributed by atoms with van der Waals surface area (Å²) in [4.78, 5) is 79.4. The van der Waals surface area contributed by atoms with E-state index in [2.05, 4.69) is 44.9 Å². The van der Waals surface area contributed by atoms with Crippen LogP contribution in [0.15, 0.2) is 47.7 Å². The molecular formula is C41H47N11O6S2. The summed E-state index contributed by atoms with van der Waals surface area (Å²) in [5.74, 6) is 0.552. The molecule has 0 aliphatic carbocycles. The quantitative estimate of drug-likeness (QED) is 0.108. The highest BCUT2D eigenvalue weighted by molar-refractivity contribution is 7.17. The van der Waals surface area contributed by atoms with Gasteiger partial charge in [-0.05, 0) is 31.1 Å². The van der Waals surface area contributed by atoms with E-state index in [9.17, 15) is 19.2 Å². The number of likely N-dealkylation sites (tertiary alicyclic amines) is 1. The van der Waals surface area contributed by atoms with Gasteiger partial charge in [-0.3, -0.25) is 14.6 Å². The van der Waals surface area contributed by atoms with Gasteiger partial charge in [0.2, 0.25) is 11.9 Å². The number of carbonyl (C=O) groups excluding carboxylic acids is 4. The summed E-state index contributed by atoms with van der Waals surface area (Å²) in [6, 6.07) is 6.52. The second kappa shape index (κ2) is 16.9. The van der Waals surface area contributed by atoms with Crippen LogP contribution in [0.3, 0.4) is 0 Å². The number of amides is 4. The number of benzene rings is 2. The van der Waals surface area contributed by atoms with E-state index in [1.54, 1.807) is 27.4 Å². The van der Waals surface area contributed by atoms with Crippen molar-refractivity contribution in [1.29, 1.82) is 0 Å². The number of alkyl carbamates (subject to hydrolysis) is 2. The molecule has 3 atom stereocenters. The molecule has 2 aliphatic heterocycles. The second-order valence-corrected chi connectivity index (χ2v) is 17.2. The van der Waals surface area contributed by atoms with E-state index in [0.29, 0.717) is 31.4 Å². The van der Waals surface area contributed by atoms with Crippen molar-refractivity contribution in [2.75, 3.05) is 38.9 Å². The van der Waals surface area contributed by atoms with Crippen LogP contribution in [0.1, 0.15) is 58.8 Å². The molecule has 8 rings (SSSR count). The first kappa shape index (κ1) is 40.7. The van der Waals surface area contributed by atoms with Gasteiger partial charge < -0.3 is 35.0 Å². The standard InChI is InChI=1S/C41H47N11O6S2/c1-21(2)30(48-40(55)57-5)37(53)50-14-7-9-29(50)36-42-17-27(46-36)25-12-10-23(32-34(25)59-19-44-32)24-11-13-26(35-33(24)45-20-60-35)28-18-43-39(47-28)52-16-8-15-51(52)38(54)31(22(3)4)49-41(56)58-6/h10-13,17-22,29-31H,7-9,14-16H2,1-6H3,(H,42,46)(H,43,47)(H,48,55)(H,49,56)/t29-,30?,31-/m0/s1. The van der Waals surface area contributed by atoms with Gasteiger partial charge in [0.25, 0.3) is 5.91 Å². The maximum absolute atomic E-state index is 13.7. The maximum Gasteiger partial charge on any atom is 0.407 e. The van der Waals surface area contributed by atoms with Crippen molar-refractivity contribution in [3.63, 3.8) is 0 Å². The van der Waals surface area contributed by atoms with Gasteiger partial charge in [-0.25, -0.2) is 34.5 Å². The van der Waals surface area contributed by atoms with Crippen LogP contribution in [-0.4, -0.2) is 110 Å². The van der Waals surface area contributed by atoms with Crippen molar-refractivity contribution in [2.24, 2.45) is 11.8 Å². The second-order valence-electron chi connectivity index (χ2n) is 15.5. The number of hydrogen-bond acceptors (Lipinski definition) is 13. The molecule has 19 heteroatoms. The molecule has 2 saturated heterocycles. The van der Waals surface area contributed by atoms with E-state index in [1.807, 2.05) is 49.9 Å². The fourth-order valence-corrected chi connectivity index (χ4v) is 9.78. The van der Waals surface area contributed by atoms with Gasteiger partial charge in [0, 0.05) is 41.9 Å². The number of H-pyrrole nitrogens is 2. The van der Waals surface area contributed by atoms with E-state index in [-0.39, 0.29) is 29.7 Å². The molecule has 1 unspecified atom stereocenters. The van der Waals surface area contributed by atoms with E-state index in [1.165, 1.54) is 25.6 Å². The number of nitrogens with one attached hydrogen (secondary N) is 4. The Morgan fingerprint density at radius 3 is 1.83 bits per heavy atom. The smallest absolute Gasteiger partial charge is 0.407 e. The number of anilines is 1. The summed E-state index contributed by atoms with van der Waals surface area (Å²) in [7, 11) is 2.56. The number of rotatable bonds is 11. The zero-order valence-corrected chi connectivity index (χ0v) is 35.8. The third kappa shape index (κ3) is 7.51. The van der Waals surface area contributed by atoms with Crippen LogP contribution in [0, 0.1) is 11.8 Å². The average molecular weight is 854 g/mol. The number of hydrogen-bond donors (Lipinski definition) is 4. The number of thiazole rings is 2. The largest absolute Gasteiger partial charge is 0.453 e. The van der Waals surface area contributed by atoms with E-state index >= 15 is 0 Å². The number of imidazole rings is 2. The first-order chi connectivity index (χ1) is 29.0. The Labute approximate surface area is 353 Å². The van der Waals surface area contributed by atoms with E-state index < -0.39 is 24.3 Å². The van der Waals surface area contributed by atoms with Crippen LogP contribution >= 0.6 is 22.7 Å². The molecule has 0 radical (unpaired) electrons. The predicted octanol–water partition coefficient (Wildman–Crippen LogP) is 6.73. The van der Waals surface area contributed by atoms with Crippen LogP contribution in [0.5, 0.6) is 0 Å². The molecule has 2 aromatic carbocycles. The fourth-order valence-electron chi connectivity index (χ4n) is 8.10. The van der Waals surface area contributed by atoms with Gasteiger partial charge in [-0.1, -0.05) is 52.0 Å². The molecule has 6 heterocycles. The minimum absolute atomic E-state index is 0.129. The Bertz CT molecular complexity index is 2390. The highest BCUT2D eigenvalue weighted by atomic mass is 32.1. The zero-order valence-electron chi connectivity index (χ0n) is 34.1. The van der Waals surface area contributed by atoms with Crippen LogP contribution < -0.4 is 15.6 Å². The molecule has 0 saturated carbocycles. The van der Waals surface area contributed by atoms with Crippen LogP contribution in [0.2, 0.25) is 0 Å². The van der Waals surface area contributed by atoms with Crippen molar-refractivity contribution < 1.29 is 28.7 Å². The minimum Gasteiger partial charge on any atom is -0.453 e. The lowest BCUT2D eigenvalue weighted by Crippen LogP contribution is -2.54. The Kier molecular flexibility index (Phi) is 11.4. The molecule has 0 bridgehead atoms. The minimum atomic E-state index is -0.756. The number of aromatic amines is 2. The monoisotopic (exact) mass is 853 g/mol. The van der Waals surface area contributed by atoms with E-state index in [4.69, 9.17) is 29.4 Å². The van der Waals surface area contributed by atoms with Crippen molar-refractivity contribution in [3.05, 3.63) is 53.5 Å². The molecule has 17 nitrogen and oxygen atoms in total.